The monoisotopic (exact) mass is 524 g/mol. The van der Waals surface area contributed by atoms with Crippen molar-refractivity contribution in [2.24, 2.45) is 4.99 Å². The summed E-state index contributed by atoms with van der Waals surface area (Å²) >= 11 is 0. The molecular formula is C23H33IN4O2. The maximum absolute atomic E-state index is 5.46. The molecule has 0 radical (unpaired) electrons. The van der Waals surface area contributed by atoms with Crippen molar-refractivity contribution in [3.05, 3.63) is 59.2 Å². The minimum Gasteiger partial charge on any atom is -0.493 e. The number of nitrogens with one attached hydrogen (secondary N) is 1. The van der Waals surface area contributed by atoms with Gasteiger partial charge in [-0.25, -0.2) is 4.99 Å². The number of methoxy groups -OCH3 is 2. The summed E-state index contributed by atoms with van der Waals surface area (Å²) in [6.45, 7) is 4.47. The van der Waals surface area contributed by atoms with Crippen LogP contribution in [0.4, 0.5) is 0 Å². The van der Waals surface area contributed by atoms with E-state index < -0.39 is 0 Å². The zero-order valence-corrected chi connectivity index (χ0v) is 20.7. The van der Waals surface area contributed by atoms with E-state index in [0.29, 0.717) is 6.54 Å². The van der Waals surface area contributed by atoms with Gasteiger partial charge in [-0.1, -0.05) is 30.3 Å². The second kappa shape index (κ2) is 12.0. The molecule has 6 nitrogen and oxygen atoms in total. The largest absolute Gasteiger partial charge is 0.493 e. The van der Waals surface area contributed by atoms with Gasteiger partial charge in [-0.2, -0.15) is 0 Å². The van der Waals surface area contributed by atoms with E-state index in [1.165, 1.54) is 16.7 Å². The Bertz CT molecular complexity index is 827. The van der Waals surface area contributed by atoms with E-state index in [4.69, 9.17) is 14.5 Å². The van der Waals surface area contributed by atoms with Crippen LogP contribution in [0, 0.1) is 0 Å². The molecule has 0 saturated heterocycles. The molecule has 0 spiro atoms. The molecular weight excluding hydrogens is 491 g/mol. The number of hydrogen-bond acceptors (Lipinski definition) is 4. The molecule has 30 heavy (non-hydrogen) atoms. The molecule has 2 aromatic rings. The predicted molar refractivity (Wildman–Crippen MR) is 133 cm³/mol. The Morgan fingerprint density at radius 2 is 1.73 bits per heavy atom. The Kier molecular flexibility index (Phi) is 9.71. The van der Waals surface area contributed by atoms with Gasteiger partial charge in [-0.3, -0.25) is 4.90 Å². The smallest absolute Gasteiger partial charge is 0.193 e. The maximum Gasteiger partial charge on any atom is 0.193 e. The number of guanidine groups is 1. The summed E-state index contributed by atoms with van der Waals surface area (Å²) in [5, 5.41) is 3.49. The molecule has 0 aliphatic carbocycles. The number of fused-ring (bicyclic) bond motifs is 1. The SMILES string of the molecule is COc1cc2c(cc1OC)CN(CCNC(=NCc1ccccc1)N(C)C)CC2.I. The Morgan fingerprint density at radius 3 is 2.37 bits per heavy atom. The van der Waals surface area contributed by atoms with E-state index in [2.05, 4.69) is 34.5 Å². The van der Waals surface area contributed by atoms with Crippen LogP contribution in [0.15, 0.2) is 47.5 Å². The minimum absolute atomic E-state index is 0. The lowest BCUT2D eigenvalue weighted by Crippen LogP contribution is -2.42. The van der Waals surface area contributed by atoms with Crippen LogP contribution in [0.5, 0.6) is 11.5 Å². The summed E-state index contributed by atoms with van der Waals surface area (Å²) in [5.41, 5.74) is 3.88. The highest BCUT2D eigenvalue weighted by molar-refractivity contribution is 14.0. The van der Waals surface area contributed by atoms with Crippen molar-refractivity contribution in [1.82, 2.24) is 15.1 Å². The van der Waals surface area contributed by atoms with Gasteiger partial charge in [0.05, 0.1) is 20.8 Å². The molecule has 0 fully saturated rings. The number of hydrogen-bond donors (Lipinski definition) is 1. The van der Waals surface area contributed by atoms with Crippen molar-refractivity contribution in [1.29, 1.82) is 0 Å². The highest BCUT2D eigenvalue weighted by Crippen LogP contribution is 2.33. The number of nitrogens with zero attached hydrogens (tertiary/aromatic N) is 3. The highest BCUT2D eigenvalue weighted by Gasteiger charge is 2.19. The van der Waals surface area contributed by atoms with Gasteiger partial charge in [0.1, 0.15) is 0 Å². The summed E-state index contributed by atoms with van der Waals surface area (Å²) in [6.07, 6.45) is 1.03. The number of rotatable bonds is 7. The van der Waals surface area contributed by atoms with E-state index in [-0.39, 0.29) is 24.0 Å². The Morgan fingerprint density at radius 1 is 1.07 bits per heavy atom. The molecule has 2 aromatic carbocycles. The lowest BCUT2D eigenvalue weighted by atomic mass is 9.99. The van der Waals surface area contributed by atoms with Gasteiger partial charge in [0.15, 0.2) is 17.5 Å². The molecule has 1 aliphatic heterocycles. The van der Waals surface area contributed by atoms with Gasteiger partial charge in [-0.15, -0.1) is 24.0 Å². The second-order valence-corrected chi connectivity index (χ2v) is 7.45. The third-order valence-corrected chi connectivity index (χ3v) is 5.19. The fourth-order valence-electron chi connectivity index (χ4n) is 3.56. The third kappa shape index (κ3) is 6.50. The van der Waals surface area contributed by atoms with E-state index in [9.17, 15) is 0 Å². The first-order valence-electron chi connectivity index (χ1n) is 10.1. The van der Waals surface area contributed by atoms with Gasteiger partial charge in [-0.05, 0) is 35.2 Å². The zero-order valence-electron chi connectivity index (χ0n) is 18.4. The number of ether oxygens (including phenoxy) is 2. The molecule has 1 N–H and O–H groups in total. The van der Waals surface area contributed by atoms with Crippen LogP contribution in [-0.4, -0.2) is 63.7 Å². The van der Waals surface area contributed by atoms with E-state index in [0.717, 1.165) is 50.1 Å². The number of halogens is 1. The first kappa shape index (κ1) is 24.3. The van der Waals surface area contributed by atoms with Gasteiger partial charge >= 0.3 is 0 Å². The Hall–Kier alpha value is -2.00. The third-order valence-electron chi connectivity index (χ3n) is 5.19. The molecule has 0 unspecified atom stereocenters. The van der Waals surface area contributed by atoms with E-state index in [1.807, 2.05) is 37.2 Å². The standard InChI is InChI=1S/C23H32N4O2.HI/c1-26(2)23(25-16-18-8-6-5-7-9-18)24-11-13-27-12-10-19-14-21(28-3)22(29-4)15-20(19)17-27;/h5-9,14-15H,10-13,16-17H2,1-4H3,(H,24,25);1H. The Balaban J connectivity index is 0.00000320. The van der Waals surface area contributed by atoms with Crippen LogP contribution in [0.1, 0.15) is 16.7 Å². The van der Waals surface area contributed by atoms with Crippen molar-refractivity contribution in [3.8, 4) is 11.5 Å². The number of benzene rings is 2. The molecule has 7 heteroatoms. The quantitative estimate of drug-likeness (QED) is 0.342. The van der Waals surface area contributed by atoms with Crippen molar-refractivity contribution >= 4 is 29.9 Å². The van der Waals surface area contributed by atoms with Crippen LogP contribution in [0.3, 0.4) is 0 Å². The van der Waals surface area contributed by atoms with Crippen molar-refractivity contribution < 1.29 is 9.47 Å². The van der Waals surface area contributed by atoms with Crippen LogP contribution in [0.2, 0.25) is 0 Å². The lowest BCUT2D eigenvalue weighted by Gasteiger charge is -2.30. The van der Waals surface area contributed by atoms with Gasteiger partial charge in [0.2, 0.25) is 0 Å². The van der Waals surface area contributed by atoms with Crippen molar-refractivity contribution in [3.63, 3.8) is 0 Å². The van der Waals surface area contributed by atoms with Crippen molar-refractivity contribution in [2.75, 3.05) is 47.9 Å². The fraction of sp³-hybridized carbons (Fsp3) is 0.435. The minimum atomic E-state index is 0. The van der Waals surface area contributed by atoms with Gasteiger partial charge < -0.3 is 19.7 Å². The van der Waals surface area contributed by atoms with Gasteiger partial charge in [0.25, 0.3) is 0 Å². The first-order valence-corrected chi connectivity index (χ1v) is 10.1. The summed E-state index contributed by atoms with van der Waals surface area (Å²) in [7, 11) is 7.42. The lowest BCUT2D eigenvalue weighted by molar-refractivity contribution is 0.255. The Labute approximate surface area is 197 Å². The second-order valence-electron chi connectivity index (χ2n) is 7.45. The molecule has 164 valence electrons. The highest BCUT2D eigenvalue weighted by atomic mass is 127. The maximum atomic E-state index is 5.46. The predicted octanol–water partition coefficient (Wildman–Crippen LogP) is 3.39. The van der Waals surface area contributed by atoms with Crippen LogP contribution in [-0.2, 0) is 19.5 Å². The van der Waals surface area contributed by atoms with Crippen molar-refractivity contribution in [2.45, 2.75) is 19.5 Å². The zero-order chi connectivity index (χ0) is 20.6. The summed E-state index contributed by atoms with van der Waals surface area (Å²) in [4.78, 5) is 9.23. The molecule has 1 aliphatic rings. The topological polar surface area (TPSA) is 49.3 Å². The van der Waals surface area contributed by atoms with E-state index in [1.54, 1.807) is 14.2 Å². The van der Waals surface area contributed by atoms with E-state index >= 15 is 0 Å². The molecule has 0 saturated carbocycles. The van der Waals surface area contributed by atoms with Crippen LogP contribution in [0.25, 0.3) is 0 Å². The fourth-order valence-corrected chi connectivity index (χ4v) is 3.56. The molecule has 0 bridgehead atoms. The number of aliphatic imine (C=N–C) groups is 1. The van der Waals surface area contributed by atoms with Crippen LogP contribution >= 0.6 is 24.0 Å². The molecule has 0 atom stereocenters. The van der Waals surface area contributed by atoms with Gasteiger partial charge in [0, 0.05) is 40.3 Å². The molecule has 0 amide bonds. The normalized spacial score (nSPS) is 13.8. The molecule has 1 heterocycles. The van der Waals surface area contributed by atoms with Crippen LogP contribution < -0.4 is 14.8 Å². The first-order chi connectivity index (χ1) is 14.1. The molecule has 3 rings (SSSR count). The molecule has 0 aromatic heterocycles. The summed E-state index contributed by atoms with van der Waals surface area (Å²) < 4.78 is 10.9. The summed E-state index contributed by atoms with van der Waals surface area (Å²) in [6, 6.07) is 14.6. The summed E-state index contributed by atoms with van der Waals surface area (Å²) in [5.74, 6) is 2.53. The average molecular weight is 524 g/mol. The average Bonchev–Trinajstić information content (AvgIpc) is 2.75.